The summed E-state index contributed by atoms with van der Waals surface area (Å²) in [5, 5.41) is 6.09. The number of ether oxygens (including phenoxy) is 1. The van der Waals surface area contributed by atoms with Gasteiger partial charge in [0.15, 0.2) is 0 Å². The molecule has 0 aliphatic carbocycles. The molecule has 1 aliphatic heterocycles. The number of carbonyl (C=O) groups is 1. The largest absolute Gasteiger partial charge is 0.489 e. The van der Waals surface area contributed by atoms with Crippen LogP contribution >= 0.6 is 13.5 Å². The first-order valence-corrected chi connectivity index (χ1v) is 10.3. The lowest BCUT2D eigenvalue weighted by Crippen LogP contribution is -2.43. The highest BCUT2D eigenvalue weighted by atomic mass is 32.1. The molecule has 3 heterocycles. The van der Waals surface area contributed by atoms with Crippen LogP contribution in [0.4, 0.5) is 16.3 Å². The van der Waals surface area contributed by atoms with Crippen LogP contribution in [0.5, 0.6) is 5.75 Å². The van der Waals surface area contributed by atoms with E-state index in [9.17, 15) is 4.79 Å². The molecule has 2 amide bonds. The molecule has 3 aromatic rings. The lowest BCUT2D eigenvalue weighted by molar-refractivity contribution is 0.241. The number of amides is 2. The van der Waals surface area contributed by atoms with Crippen LogP contribution in [-0.4, -0.2) is 47.7 Å². The summed E-state index contributed by atoms with van der Waals surface area (Å²) in [7, 11) is 1.64. The summed E-state index contributed by atoms with van der Waals surface area (Å²) in [6.07, 6.45) is 3.37. The first-order chi connectivity index (χ1) is 15.1. The number of nitrogens with one attached hydrogen (secondary N) is 2. The lowest BCUT2D eigenvalue weighted by atomic mass is 9.98. The van der Waals surface area contributed by atoms with E-state index in [2.05, 4.69) is 32.5 Å². The second-order valence-corrected chi connectivity index (χ2v) is 7.51. The Morgan fingerprint density at radius 2 is 2.06 bits per heavy atom. The van der Waals surface area contributed by atoms with Crippen LogP contribution in [0.15, 0.2) is 48.9 Å². The number of nitrogens with zero attached hydrogens (tertiary/aromatic N) is 4. The number of carbonyl (C=O) groups excluding carboxylic acids is 1. The van der Waals surface area contributed by atoms with Gasteiger partial charge in [-0.1, -0.05) is 19.1 Å². The molecule has 2 N–H and O–H groups in total. The Labute approximate surface area is 194 Å². The van der Waals surface area contributed by atoms with Gasteiger partial charge in [-0.3, -0.25) is 9.88 Å². The maximum absolute atomic E-state index is 12.2. The number of para-hydroxylation sites is 1. The number of aromatic nitrogens is 3. The topological polar surface area (TPSA) is 92.3 Å². The van der Waals surface area contributed by atoms with Crippen molar-refractivity contribution >= 4 is 31.0 Å². The van der Waals surface area contributed by atoms with Crippen molar-refractivity contribution in [3.8, 4) is 17.0 Å². The van der Waals surface area contributed by atoms with Gasteiger partial charge >= 0.3 is 6.03 Å². The van der Waals surface area contributed by atoms with E-state index in [4.69, 9.17) is 4.74 Å². The Morgan fingerprint density at radius 3 is 2.81 bits per heavy atom. The Morgan fingerprint density at radius 1 is 1.22 bits per heavy atom. The second-order valence-electron chi connectivity index (χ2n) is 7.51. The van der Waals surface area contributed by atoms with Gasteiger partial charge in [-0.25, -0.2) is 14.8 Å². The summed E-state index contributed by atoms with van der Waals surface area (Å²) in [5.74, 6) is 1.65. The Hall–Kier alpha value is -3.33. The summed E-state index contributed by atoms with van der Waals surface area (Å²) in [6, 6.07) is 11.7. The van der Waals surface area contributed by atoms with Crippen molar-refractivity contribution in [3.05, 3.63) is 60.2 Å². The maximum atomic E-state index is 12.2. The summed E-state index contributed by atoms with van der Waals surface area (Å²) < 4.78 is 5.96. The lowest BCUT2D eigenvalue weighted by Gasteiger charge is -2.31. The van der Waals surface area contributed by atoms with Gasteiger partial charge < -0.3 is 15.4 Å². The molecule has 0 saturated heterocycles. The SMILES string of the molecule is CNC(=O)N1CCOc2c([C@H](C)CNc3cc(-c4ccc(C)nc4)ncn3)cccc21.S. The van der Waals surface area contributed by atoms with Crippen LogP contribution < -0.4 is 20.3 Å². The van der Waals surface area contributed by atoms with Crippen LogP contribution in [0, 0.1) is 6.92 Å². The number of anilines is 2. The normalized spacial score (nSPS) is 13.3. The molecule has 0 fully saturated rings. The van der Waals surface area contributed by atoms with Crippen LogP contribution in [0.1, 0.15) is 24.1 Å². The van der Waals surface area contributed by atoms with Gasteiger partial charge in [0.25, 0.3) is 0 Å². The molecule has 1 atom stereocenters. The number of rotatable bonds is 5. The average Bonchev–Trinajstić information content (AvgIpc) is 2.82. The van der Waals surface area contributed by atoms with Crippen molar-refractivity contribution in [3.63, 3.8) is 0 Å². The minimum atomic E-state index is -0.133. The molecule has 0 saturated carbocycles. The van der Waals surface area contributed by atoms with E-state index >= 15 is 0 Å². The van der Waals surface area contributed by atoms with Gasteiger partial charge in [0.05, 0.1) is 17.9 Å². The number of aryl methyl sites for hydroxylation is 1. The molecule has 168 valence electrons. The molecular weight excluding hydrogens is 424 g/mol. The third kappa shape index (κ3) is 4.94. The van der Waals surface area contributed by atoms with E-state index in [1.165, 1.54) is 0 Å². The van der Waals surface area contributed by atoms with E-state index in [0.717, 1.165) is 39.8 Å². The Balaban J connectivity index is 0.00000289. The third-order valence-corrected chi connectivity index (χ3v) is 5.33. The molecule has 1 aliphatic rings. The smallest absolute Gasteiger partial charge is 0.321 e. The van der Waals surface area contributed by atoms with Crippen LogP contribution in [0.25, 0.3) is 11.3 Å². The quantitative estimate of drug-likeness (QED) is 0.613. The molecule has 0 radical (unpaired) electrons. The maximum Gasteiger partial charge on any atom is 0.321 e. The third-order valence-electron chi connectivity index (χ3n) is 5.33. The number of benzene rings is 1. The summed E-state index contributed by atoms with van der Waals surface area (Å²) in [4.78, 5) is 27.0. The van der Waals surface area contributed by atoms with Crippen LogP contribution in [-0.2, 0) is 0 Å². The van der Waals surface area contributed by atoms with Crippen LogP contribution in [0.3, 0.4) is 0 Å². The first kappa shape index (κ1) is 23.3. The van der Waals surface area contributed by atoms with E-state index in [0.29, 0.717) is 19.7 Å². The predicted octanol–water partition coefficient (Wildman–Crippen LogP) is 3.71. The molecule has 0 bridgehead atoms. The minimum Gasteiger partial charge on any atom is -0.489 e. The highest BCUT2D eigenvalue weighted by Crippen LogP contribution is 2.38. The number of hydrogen-bond donors (Lipinski definition) is 2. The summed E-state index contributed by atoms with van der Waals surface area (Å²) in [6.45, 7) is 5.73. The van der Waals surface area contributed by atoms with E-state index in [-0.39, 0.29) is 25.4 Å². The van der Waals surface area contributed by atoms with E-state index in [1.807, 2.05) is 49.5 Å². The monoisotopic (exact) mass is 452 g/mol. The van der Waals surface area contributed by atoms with Crippen molar-refractivity contribution in [2.24, 2.45) is 0 Å². The van der Waals surface area contributed by atoms with Gasteiger partial charge in [0, 0.05) is 48.6 Å². The highest BCUT2D eigenvalue weighted by molar-refractivity contribution is 7.59. The van der Waals surface area contributed by atoms with Gasteiger partial charge in [0.1, 0.15) is 24.5 Å². The molecule has 9 heteroatoms. The number of fused-ring (bicyclic) bond motifs is 1. The summed E-state index contributed by atoms with van der Waals surface area (Å²) >= 11 is 0. The van der Waals surface area contributed by atoms with Crippen molar-refractivity contribution < 1.29 is 9.53 Å². The van der Waals surface area contributed by atoms with E-state index in [1.54, 1.807) is 18.3 Å². The highest BCUT2D eigenvalue weighted by Gasteiger charge is 2.26. The zero-order chi connectivity index (χ0) is 21.8. The van der Waals surface area contributed by atoms with Gasteiger partial charge in [-0.05, 0) is 25.1 Å². The molecule has 1 aromatic carbocycles. The molecule has 0 unspecified atom stereocenters. The van der Waals surface area contributed by atoms with Crippen molar-refractivity contribution in [2.45, 2.75) is 19.8 Å². The number of hydrogen-bond acceptors (Lipinski definition) is 6. The molecular formula is C23H28N6O2S. The molecule has 4 rings (SSSR count). The minimum absolute atomic E-state index is 0. The first-order valence-electron chi connectivity index (χ1n) is 10.3. The Kier molecular flexibility index (Phi) is 7.53. The molecule has 0 spiro atoms. The molecule has 8 nitrogen and oxygen atoms in total. The molecule has 2 aromatic heterocycles. The predicted molar refractivity (Wildman–Crippen MR) is 131 cm³/mol. The van der Waals surface area contributed by atoms with Gasteiger partial charge in [0.2, 0.25) is 0 Å². The Bertz CT molecular complexity index is 1080. The zero-order valence-electron chi connectivity index (χ0n) is 18.4. The fourth-order valence-corrected chi connectivity index (χ4v) is 3.60. The zero-order valence-corrected chi connectivity index (χ0v) is 19.4. The van der Waals surface area contributed by atoms with Crippen molar-refractivity contribution in [2.75, 3.05) is 37.0 Å². The summed E-state index contributed by atoms with van der Waals surface area (Å²) in [5.41, 5.74) is 4.58. The van der Waals surface area contributed by atoms with Crippen molar-refractivity contribution in [1.29, 1.82) is 0 Å². The number of pyridine rings is 1. The number of urea groups is 1. The van der Waals surface area contributed by atoms with Crippen LogP contribution in [0.2, 0.25) is 0 Å². The fraction of sp³-hybridized carbons (Fsp3) is 0.304. The van der Waals surface area contributed by atoms with Gasteiger partial charge in [-0.2, -0.15) is 13.5 Å². The van der Waals surface area contributed by atoms with E-state index < -0.39 is 0 Å². The molecule has 32 heavy (non-hydrogen) atoms. The standard InChI is InChI=1S/C23H26N6O2.H2S/c1-15(18-5-4-6-20-22(18)31-10-9-29(20)23(30)24-3)12-26-21-11-19(27-14-28-21)17-8-7-16(2)25-13-17;/h4-8,11,13-15H,9-10,12H2,1-3H3,(H,24,30)(H,26,27,28);1H2/t15-;/m1./s1. The average molecular weight is 453 g/mol. The second kappa shape index (κ2) is 10.3. The fourth-order valence-electron chi connectivity index (χ4n) is 3.60. The van der Waals surface area contributed by atoms with Crippen molar-refractivity contribution in [1.82, 2.24) is 20.3 Å². The van der Waals surface area contributed by atoms with Gasteiger partial charge in [-0.15, -0.1) is 0 Å².